The fraction of sp³-hybridized carbons (Fsp3) is 0.500. The fourth-order valence-electron chi connectivity index (χ4n) is 3.37. The Morgan fingerprint density at radius 1 is 1.41 bits per heavy atom. The second-order valence-corrected chi connectivity index (χ2v) is 7.07. The SMILES string of the molecule is COC(=O)[C@H]1C(=O)OC(C)(C)[C@@H]2COc3ccc(Br)cc3[C@H]12. The zero-order valence-electron chi connectivity index (χ0n) is 12.6. The predicted octanol–water partition coefficient (Wildman–Crippen LogP) is 2.67. The van der Waals surface area contributed by atoms with Gasteiger partial charge in [0.2, 0.25) is 0 Å². The van der Waals surface area contributed by atoms with Crippen LogP contribution in [0, 0.1) is 11.8 Å². The van der Waals surface area contributed by atoms with E-state index in [0.29, 0.717) is 12.4 Å². The van der Waals surface area contributed by atoms with Gasteiger partial charge in [-0.25, -0.2) is 0 Å². The van der Waals surface area contributed by atoms with Crippen LogP contribution in [0.4, 0.5) is 0 Å². The Bertz CT molecular complexity index is 639. The summed E-state index contributed by atoms with van der Waals surface area (Å²) in [5.74, 6) is -1.79. The summed E-state index contributed by atoms with van der Waals surface area (Å²) in [4.78, 5) is 24.5. The van der Waals surface area contributed by atoms with Crippen LogP contribution in [0.3, 0.4) is 0 Å². The van der Waals surface area contributed by atoms with Crippen molar-refractivity contribution < 1.29 is 23.8 Å². The summed E-state index contributed by atoms with van der Waals surface area (Å²) in [6.45, 7) is 4.10. The molecular weight excluding hydrogens is 352 g/mol. The second kappa shape index (κ2) is 5.26. The van der Waals surface area contributed by atoms with Crippen molar-refractivity contribution in [3.05, 3.63) is 28.2 Å². The molecule has 118 valence electrons. The van der Waals surface area contributed by atoms with Crippen molar-refractivity contribution in [2.75, 3.05) is 13.7 Å². The maximum Gasteiger partial charge on any atom is 0.321 e. The van der Waals surface area contributed by atoms with Crippen LogP contribution in [-0.2, 0) is 19.1 Å². The van der Waals surface area contributed by atoms with Crippen molar-refractivity contribution in [3.63, 3.8) is 0 Å². The monoisotopic (exact) mass is 368 g/mol. The van der Waals surface area contributed by atoms with Crippen LogP contribution >= 0.6 is 15.9 Å². The van der Waals surface area contributed by atoms with Crippen molar-refractivity contribution >= 4 is 27.9 Å². The van der Waals surface area contributed by atoms with E-state index in [1.807, 2.05) is 32.0 Å². The number of ether oxygens (including phenoxy) is 3. The maximum absolute atomic E-state index is 12.4. The molecule has 0 N–H and O–H groups in total. The summed E-state index contributed by atoms with van der Waals surface area (Å²) >= 11 is 3.44. The first-order chi connectivity index (χ1) is 10.3. The number of hydrogen-bond donors (Lipinski definition) is 0. The number of carbonyl (C=O) groups excluding carboxylic acids is 2. The quantitative estimate of drug-likeness (QED) is 0.563. The van der Waals surface area contributed by atoms with Crippen molar-refractivity contribution in [2.45, 2.75) is 25.4 Å². The highest BCUT2D eigenvalue weighted by molar-refractivity contribution is 9.10. The van der Waals surface area contributed by atoms with Gasteiger partial charge in [0, 0.05) is 21.9 Å². The molecule has 1 saturated heterocycles. The average Bonchev–Trinajstić information content (AvgIpc) is 2.45. The van der Waals surface area contributed by atoms with E-state index >= 15 is 0 Å². The molecule has 1 aromatic carbocycles. The van der Waals surface area contributed by atoms with Crippen LogP contribution in [0.15, 0.2) is 22.7 Å². The number of fused-ring (bicyclic) bond motifs is 3. The Labute approximate surface area is 137 Å². The first kappa shape index (κ1) is 15.3. The molecule has 1 aromatic rings. The molecule has 2 aliphatic rings. The van der Waals surface area contributed by atoms with Gasteiger partial charge in [-0.2, -0.15) is 0 Å². The summed E-state index contributed by atoms with van der Waals surface area (Å²) in [5.41, 5.74) is 0.137. The van der Waals surface area contributed by atoms with E-state index in [-0.39, 0.29) is 11.8 Å². The summed E-state index contributed by atoms with van der Waals surface area (Å²) in [5, 5.41) is 0. The molecule has 0 radical (unpaired) electrons. The molecule has 0 aromatic heterocycles. The molecule has 3 atom stereocenters. The van der Waals surface area contributed by atoms with Crippen LogP contribution in [0.1, 0.15) is 25.3 Å². The summed E-state index contributed by atoms with van der Waals surface area (Å²) in [6.07, 6.45) is 0. The Balaban J connectivity index is 2.15. The Morgan fingerprint density at radius 2 is 2.14 bits per heavy atom. The number of carbonyl (C=O) groups is 2. The van der Waals surface area contributed by atoms with E-state index in [1.165, 1.54) is 7.11 Å². The molecule has 0 amide bonds. The Hall–Kier alpha value is -1.56. The van der Waals surface area contributed by atoms with Gasteiger partial charge in [0.1, 0.15) is 11.4 Å². The molecule has 2 aliphatic heterocycles. The van der Waals surface area contributed by atoms with Gasteiger partial charge >= 0.3 is 11.9 Å². The molecule has 0 bridgehead atoms. The van der Waals surface area contributed by atoms with Gasteiger partial charge in [0.05, 0.1) is 13.7 Å². The minimum Gasteiger partial charge on any atom is -0.493 e. The average molecular weight is 369 g/mol. The van der Waals surface area contributed by atoms with Gasteiger partial charge in [0.25, 0.3) is 0 Å². The fourth-order valence-corrected chi connectivity index (χ4v) is 3.75. The van der Waals surface area contributed by atoms with Crippen LogP contribution in [-0.4, -0.2) is 31.3 Å². The Morgan fingerprint density at radius 3 is 2.82 bits per heavy atom. The molecule has 0 aliphatic carbocycles. The zero-order chi connectivity index (χ0) is 16.1. The molecular formula is C16H17BrO5. The van der Waals surface area contributed by atoms with E-state index in [0.717, 1.165) is 10.0 Å². The zero-order valence-corrected chi connectivity index (χ0v) is 14.2. The van der Waals surface area contributed by atoms with Gasteiger partial charge in [0.15, 0.2) is 5.92 Å². The van der Waals surface area contributed by atoms with Crippen molar-refractivity contribution in [3.8, 4) is 5.75 Å². The highest BCUT2D eigenvalue weighted by Gasteiger charge is 2.56. The lowest BCUT2D eigenvalue weighted by Gasteiger charge is -2.48. The highest BCUT2D eigenvalue weighted by atomic mass is 79.9. The molecule has 6 heteroatoms. The Kier molecular flexibility index (Phi) is 3.67. The number of methoxy groups -OCH3 is 1. The first-order valence-electron chi connectivity index (χ1n) is 7.08. The molecule has 1 fully saturated rings. The van der Waals surface area contributed by atoms with Gasteiger partial charge in [-0.05, 0) is 32.0 Å². The third kappa shape index (κ3) is 2.29. The topological polar surface area (TPSA) is 61.8 Å². The number of rotatable bonds is 1. The van der Waals surface area contributed by atoms with Crippen molar-refractivity contribution in [1.82, 2.24) is 0 Å². The molecule has 3 rings (SSSR count). The second-order valence-electron chi connectivity index (χ2n) is 6.15. The normalized spacial score (nSPS) is 28.7. The van der Waals surface area contributed by atoms with E-state index in [4.69, 9.17) is 14.2 Å². The number of hydrogen-bond acceptors (Lipinski definition) is 5. The number of cyclic esters (lactones) is 1. The lowest BCUT2D eigenvalue weighted by molar-refractivity contribution is -0.192. The van der Waals surface area contributed by atoms with Gasteiger partial charge in [-0.15, -0.1) is 0 Å². The minimum atomic E-state index is -0.958. The van der Waals surface area contributed by atoms with E-state index in [9.17, 15) is 9.59 Å². The first-order valence-corrected chi connectivity index (χ1v) is 7.87. The standard InChI is InChI=1S/C16H17BrO5/c1-16(2)10-7-21-11-5-4-8(17)6-9(11)12(10)13(14(18)20-3)15(19)22-16/h4-6,10,12-13H,7H2,1-3H3/t10-,12+,13+/m1/s1. The molecule has 5 nitrogen and oxygen atoms in total. The third-order valence-electron chi connectivity index (χ3n) is 4.51. The van der Waals surface area contributed by atoms with Gasteiger partial charge < -0.3 is 14.2 Å². The lowest BCUT2D eigenvalue weighted by Crippen LogP contribution is -2.55. The van der Waals surface area contributed by atoms with Crippen molar-refractivity contribution in [2.24, 2.45) is 11.8 Å². The van der Waals surface area contributed by atoms with Crippen LogP contribution in [0.5, 0.6) is 5.75 Å². The van der Waals surface area contributed by atoms with Crippen LogP contribution in [0.25, 0.3) is 0 Å². The smallest absolute Gasteiger partial charge is 0.321 e. The number of halogens is 1. The summed E-state index contributed by atoms with van der Waals surface area (Å²) in [6, 6.07) is 5.62. The molecule has 0 unspecified atom stereocenters. The van der Waals surface area contributed by atoms with Gasteiger partial charge in [-0.3, -0.25) is 9.59 Å². The van der Waals surface area contributed by atoms with Crippen LogP contribution in [0.2, 0.25) is 0 Å². The minimum absolute atomic E-state index is 0.115. The predicted molar refractivity (Wildman–Crippen MR) is 81.5 cm³/mol. The third-order valence-corrected chi connectivity index (χ3v) is 5.00. The molecule has 0 spiro atoms. The molecule has 0 saturated carbocycles. The van der Waals surface area contributed by atoms with Crippen LogP contribution < -0.4 is 4.74 Å². The maximum atomic E-state index is 12.4. The lowest BCUT2D eigenvalue weighted by atomic mass is 9.67. The van der Waals surface area contributed by atoms with E-state index in [2.05, 4.69) is 15.9 Å². The summed E-state index contributed by atoms with van der Waals surface area (Å²) < 4.78 is 17.0. The molecule has 22 heavy (non-hydrogen) atoms. The summed E-state index contributed by atoms with van der Waals surface area (Å²) in [7, 11) is 1.28. The van der Waals surface area contributed by atoms with Gasteiger partial charge in [-0.1, -0.05) is 15.9 Å². The largest absolute Gasteiger partial charge is 0.493 e. The molecule has 2 heterocycles. The number of esters is 2. The highest BCUT2D eigenvalue weighted by Crippen LogP contribution is 2.51. The van der Waals surface area contributed by atoms with E-state index < -0.39 is 23.5 Å². The van der Waals surface area contributed by atoms with E-state index in [1.54, 1.807) is 0 Å². The van der Waals surface area contributed by atoms with Crippen molar-refractivity contribution in [1.29, 1.82) is 0 Å². The number of benzene rings is 1.